The van der Waals surface area contributed by atoms with Crippen LogP contribution in [0.3, 0.4) is 0 Å². The summed E-state index contributed by atoms with van der Waals surface area (Å²) >= 11 is 5.45. The molecule has 0 spiro atoms. The van der Waals surface area contributed by atoms with Gasteiger partial charge in [0.25, 0.3) is 0 Å². The molecule has 0 fully saturated rings. The molecule has 0 aromatic carbocycles. The Kier molecular flexibility index (Phi) is 7.77. The van der Waals surface area contributed by atoms with Crippen molar-refractivity contribution >= 4 is 32.4 Å². The Morgan fingerprint density at radius 1 is 1.40 bits per heavy atom. The molecule has 92 valence electrons. The first kappa shape index (κ1) is 15.3. The van der Waals surface area contributed by atoms with Crippen molar-refractivity contribution in [2.24, 2.45) is 0 Å². The zero-order valence-electron chi connectivity index (χ0n) is 9.03. The van der Waals surface area contributed by atoms with Gasteiger partial charge in [0.1, 0.15) is 0 Å². The van der Waals surface area contributed by atoms with Crippen LogP contribution in [0.15, 0.2) is 0 Å². The van der Waals surface area contributed by atoms with E-state index in [0.29, 0.717) is 24.5 Å². The van der Waals surface area contributed by atoms with Crippen LogP contribution in [0, 0.1) is 0 Å². The molecule has 2 atom stereocenters. The highest BCUT2D eigenvalue weighted by Crippen LogP contribution is 1.98. The quantitative estimate of drug-likeness (QED) is 0.524. The first-order chi connectivity index (χ1) is 6.87. The number of halogens is 1. The highest BCUT2D eigenvalue weighted by molar-refractivity contribution is 7.89. The third-order valence-corrected chi connectivity index (χ3v) is 4.49. The van der Waals surface area contributed by atoms with Gasteiger partial charge in [0, 0.05) is 34.7 Å². The molecule has 2 unspecified atom stereocenters. The molecule has 7 heteroatoms. The van der Waals surface area contributed by atoms with Gasteiger partial charge in [-0.15, -0.1) is 11.6 Å². The Labute approximate surface area is 99.3 Å². The van der Waals surface area contributed by atoms with E-state index in [1.807, 2.05) is 0 Å². The lowest BCUT2D eigenvalue weighted by atomic mass is 10.4. The lowest BCUT2D eigenvalue weighted by Gasteiger charge is -2.12. The maximum atomic E-state index is 11.4. The first-order valence-electron chi connectivity index (χ1n) is 4.73. The van der Waals surface area contributed by atoms with Gasteiger partial charge in [-0.05, 0) is 19.8 Å². The lowest BCUT2D eigenvalue weighted by molar-refractivity contribution is 0.567. The Balaban J connectivity index is 3.97. The third-order valence-electron chi connectivity index (χ3n) is 1.66. The SMILES string of the molecule is CC(CS(C)=O)NS(=O)(=O)CCCCCl. The van der Waals surface area contributed by atoms with Crippen LogP contribution in [0.4, 0.5) is 0 Å². The van der Waals surface area contributed by atoms with E-state index >= 15 is 0 Å². The minimum Gasteiger partial charge on any atom is -0.260 e. The van der Waals surface area contributed by atoms with Gasteiger partial charge in [-0.1, -0.05) is 0 Å². The average Bonchev–Trinajstić information content (AvgIpc) is 2.00. The van der Waals surface area contributed by atoms with E-state index in [2.05, 4.69) is 4.72 Å². The number of unbranched alkanes of at least 4 members (excludes halogenated alkanes) is 1. The first-order valence-corrected chi connectivity index (χ1v) is 8.65. The van der Waals surface area contributed by atoms with Crippen molar-refractivity contribution < 1.29 is 12.6 Å². The van der Waals surface area contributed by atoms with E-state index in [9.17, 15) is 12.6 Å². The third kappa shape index (κ3) is 9.29. The second-order valence-corrected chi connectivity index (χ2v) is 7.20. The zero-order chi connectivity index (χ0) is 11.9. The number of sulfonamides is 1. The van der Waals surface area contributed by atoms with E-state index in [1.54, 1.807) is 13.2 Å². The Morgan fingerprint density at radius 2 is 2.00 bits per heavy atom. The molecule has 0 heterocycles. The normalized spacial score (nSPS) is 16.2. The molecule has 0 aliphatic rings. The predicted molar refractivity (Wildman–Crippen MR) is 65.3 cm³/mol. The smallest absolute Gasteiger partial charge is 0.211 e. The van der Waals surface area contributed by atoms with Crippen LogP contribution in [0.25, 0.3) is 0 Å². The molecule has 0 radical (unpaired) electrons. The minimum atomic E-state index is -3.24. The molecule has 0 aliphatic heterocycles. The van der Waals surface area contributed by atoms with E-state index < -0.39 is 20.8 Å². The van der Waals surface area contributed by atoms with Crippen LogP contribution in [0.5, 0.6) is 0 Å². The van der Waals surface area contributed by atoms with Crippen molar-refractivity contribution in [3.63, 3.8) is 0 Å². The van der Waals surface area contributed by atoms with Crippen LogP contribution in [-0.4, -0.2) is 42.3 Å². The summed E-state index contributed by atoms with van der Waals surface area (Å²) < 4.78 is 36.2. The van der Waals surface area contributed by atoms with Crippen LogP contribution < -0.4 is 4.72 Å². The van der Waals surface area contributed by atoms with Crippen LogP contribution >= 0.6 is 11.6 Å². The topological polar surface area (TPSA) is 63.2 Å². The van der Waals surface area contributed by atoms with Gasteiger partial charge in [0.15, 0.2) is 0 Å². The van der Waals surface area contributed by atoms with E-state index in [0.717, 1.165) is 0 Å². The van der Waals surface area contributed by atoms with E-state index in [4.69, 9.17) is 11.6 Å². The minimum absolute atomic E-state index is 0.0837. The maximum Gasteiger partial charge on any atom is 0.211 e. The van der Waals surface area contributed by atoms with Gasteiger partial charge in [0.2, 0.25) is 10.0 Å². The fourth-order valence-corrected chi connectivity index (χ4v) is 3.62. The summed E-state index contributed by atoms with van der Waals surface area (Å²) in [5.41, 5.74) is 0. The van der Waals surface area contributed by atoms with Crippen molar-refractivity contribution in [2.45, 2.75) is 25.8 Å². The van der Waals surface area contributed by atoms with Gasteiger partial charge < -0.3 is 0 Å². The molecular weight excluding hydrogens is 258 g/mol. The molecule has 4 nitrogen and oxygen atoms in total. The van der Waals surface area contributed by atoms with E-state index in [-0.39, 0.29) is 11.8 Å². The Bertz CT molecular complexity index is 292. The van der Waals surface area contributed by atoms with Crippen molar-refractivity contribution in [1.29, 1.82) is 0 Å². The summed E-state index contributed by atoms with van der Waals surface area (Å²) in [4.78, 5) is 0. The standard InChI is InChI=1S/C8H18ClNO3S2/c1-8(7-14(2)11)10-15(12,13)6-4-3-5-9/h8,10H,3-7H2,1-2H3. The molecule has 0 saturated carbocycles. The van der Waals surface area contributed by atoms with Crippen molar-refractivity contribution in [3.8, 4) is 0 Å². The second kappa shape index (κ2) is 7.60. The highest BCUT2D eigenvalue weighted by Gasteiger charge is 2.14. The largest absolute Gasteiger partial charge is 0.260 e. The highest BCUT2D eigenvalue weighted by atomic mass is 35.5. The van der Waals surface area contributed by atoms with Gasteiger partial charge in [0.05, 0.1) is 5.75 Å². The molecule has 0 aromatic rings. The summed E-state index contributed by atoms with van der Waals surface area (Å²) in [6.45, 7) is 1.71. The molecule has 0 aliphatic carbocycles. The summed E-state index contributed by atoms with van der Waals surface area (Å²) in [5, 5.41) is 0. The van der Waals surface area contributed by atoms with Crippen molar-refractivity contribution in [1.82, 2.24) is 4.72 Å². The molecular formula is C8H18ClNO3S2. The summed E-state index contributed by atoms with van der Waals surface area (Å²) in [6, 6.07) is -0.281. The number of hydrogen-bond donors (Lipinski definition) is 1. The lowest BCUT2D eigenvalue weighted by Crippen LogP contribution is -2.37. The number of nitrogens with one attached hydrogen (secondary N) is 1. The number of rotatable bonds is 8. The second-order valence-electron chi connectivity index (χ2n) is 3.47. The van der Waals surface area contributed by atoms with Crippen molar-refractivity contribution in [2.75, 3.05) is 23.6 Å². The maximum absolute atomic E-state index is 11.4. The number of alkyl halides is 1. The summed E-state index contributed by atoms with van der Waals surface area (Å²) in [5.74, 6) is 0.902. The zero-order valence-corrected chi connectivity index (χ0v) is 11.4. The molecule has 0 saturated heterocycles. The fourth-order valence-electron chi connectivity index (χ4n) is 1.14. The molecule has 15 heavy (non-hydrogen) atoms. The van der Waals surface area contributed by atoms with Crippen LogP contribution in [-0.2, 0) is 20.8 Å². The monoisotopic (exact) mass is 275 g/mol. The molecule has 0 aromatic heterocycles. The Morgan fingerprint density at radius 3 is 2.47 bits per heavy atom. The molecule has 0 rings (SSSR count). The van der Waals surface area contributed by atoms with Gasteiger partial charge in [-0.3, -0.25) is 4.21 Å². The molecule has 0 amide bonds. The van der Waals surface area contributed by atoms with Crippen molar-refractivity contribution in [3.05, 3.63) is 0 Å². The molecule has 0 bridgehead atoms. The summed E-state index contributed by atoms with van der Waals surface area (Å²) in [7, 11) is -4.23. The van der Waals surface area contributed by atoms with E-state index in [1.165, 1.54) is 0 Å². The van der Waals surface area contributed by atoms with Gasteiger partial charge in [-0.2, -0.15) is 0 Å². The van der Waals surface area contributed by atoms with Gasteiger partial charge >= 0.3 is 0 Å². The fraction of sp³-hybridized carbons (Fsp3) is 1.00. The Hall–Kier alpha value is 0.350. The van der Waals surface area contributed by atoms with Crippen LogP contribution in [0.1, 0.15) is 19.8 Å². The number of hydrogen-bond acceptors (Lipinski definition) is 3. The average molecular weight is 276 g/mol. The van der Waals surface area contributed by atoms with Crippen LogP contribution in [0.2, 0.25) is 0 Å². The molecule has 1 N–H and O–H groups in total. The summed E-state index contributed by atoms with van der Waals surface area (Å²) in [6.07, 6.45) is 2.80. The predicted octanol–water partition coefficient (Wildman–Crippen LogP) is 0.692. The van der Waals surface area contributed by atoms with Gasteiger partial charge in [-0.25, -0.2) is 13.1 Å².